The lowest BCUT2D eigenvalue weighted by atomic mass is 10.3. The van der Waals surface area contributed by atoms with E-state index < -0.39 is 0 Å². The Balaban J connectivity index is 2.45. The molecule has 18 heavy (non-hydrogen) atoms. The third-order valence-corrected chi connectivity index (χ3v) is 2.61. The van der Waals surface area contributed by atoms with Gasteiger partial charge in [0.2, 0.25) is 0 Å². The first kappa shape index (κ1) is 14.4. The minimum Gasteiger partial charge on any atom is -0.494 e. The Morgan fingerprint density at radius 2 is 1.50 bits per heavy atom. The van der Waals surface area contributed by atoms with Gasteiger partial charge in [-0.05, 0) is 45.0 Å². The standard InChI is InChI=1S/C14H21NO3/c1-4-15(5-2)14(16)11-18-13-9-7-12(8-10-13)17-6-3/h7-10H,4-6,11H2,1-3H3. The molecule has 0 aliphatic rings. The zero-order chi connectivity index (χ0) is 13.4. The first-order chi connectivity index (χ1) is 8.71. The summed E-state index contributed by atoms with van der Waals surface area (Å²) in [5.41, 5.74) is 0. The number of amides is 1. The van der Waals surface area contributed by atoms with Gasteiger partial charge in [-0.2, -0.15) is 0 Å². The molecule has 0 radical (unpaired) electrons. The molecule has 1 aromatic rings. The van der Waals surface area contributed by atoms with E-state index in [-0.39, 0.29) is 12.5 Å². The number of hydrogen-bond acceptors (Lipinski definition) is 3. The van der Waals surface area contributed by atoms with Crippen LogP contribution in [0.4, 0.5) is 0 Å². The Hall–Kier alpha value is -1.71. The number of ether oxygens (including phenoxy) is 2. The minimum absolute atomic E-state index is 0.00823. The lowest BCUT2D eigenvalue weighted by molar-refractivity contribution is -0.132. The monoisotopic (exact) mass is 251 g/mol. The highest BCUT2D eigenvalue weighted by Gasteiger charge is 2.09. The molecule has 100 valence electrons. The summed E-state index contributed by atoms with van der Waals surface area (Å²) in [5, 5.41) is 0. The molecule has 0 aromatic heterocycles. The first-order valence-corrected chi connectivity index (χ1v) is 6.34. The maximum Gasteiger partial charge on any atom is 0.260 e. The van der Waals surface area contributed by atoms with Gasteiger partial charge in [-0.15, -0.1) is 0 Å². The highest BCUT2D eigenvalue weighted by Crippen LogP contribution is 2.17. The molecule has 0 bridgehead atoms. The van der Waals surface area contributed by atoms with E-state index in [1.807, 2.05) is 32.9 Å². The molecular formula is C14H21NO3. The molecule has 0 saturated heterocycles. The van der Waals surface area contributed by atoms with Crippen LogP contribution in [-0.2, 0) is 4.79 Å². The Kier molecular flexibility index (Phi) is 6.05. The third kappa shape index (κ3) is 4.28. The molecule has 0 fully saturated rings. The van der Waals surface area contributed by atoms with Crippen LogP contribution in [0.25, 0.3) is 0 Å². The normalized spacial score (nSPS) is 9.94. The molecule has 0 atom stereocenters. The maximum atomic E-state index is 11.7. The molecular weight excluding hydrogens is 230 g/mol. The van der Waals surface area contributed by atoms with Crippen molar-refractivity contribution in [2.24, 2.45) is 0 Å². The Bertz CT molecular complexity index is 358. The fourth-order valence-corrected chi connectivity index (χ4v) is 1.61. The first-order valence-electron chi connectivity index (χ1n) is 6.34. The van der Waals surface area contributed by atoms with Crippen molar-refractivity contribution in [3.05, 3.63) is 24.3 Å². The third-order valence-electron chi connectivity index (χ3n) is 2.61. The number of likely N-dealkylation sites (N-methyl/N-ethyl adjacent to an activating group) is 1. The minimum atomic E-state index is 0.00823. The number of carbonyl (C=O) groups is 1. The maximum absolute atomic E-state index is 11.7. The second-order valence-electron chi connectivity index (χ2n) is 3.76. The molecule has 0 heterocycles. The van der Waals surface area contributed by atoms with Gasteiger partial charge in [0.25, 0.3) is 5.91 Å². The fraction of sp³-hybridized carbons (Fsp3) is 0.500. The Labute approximate surface area is 108 Å². The van der Waals surface area contributed by atoms with Gasteiger partial charge in [0.1, 0.15) is 11.5 Å². The molecule has 1 rings (SSSR count). The molecule has 0 N–H and O–H groups in total. The van der Waals surface area contributed by atoms with Crippen LogP contribution in [0.5, 0.6) is 11.5 Å². The molecule has 4 heteroatoms. The lowest BCUT2D eigenvalue weighted by Crippen LogP contribution is -2.34. The van der Waals surface area contributed by atoms with Crippen molar-refractivity contribution in [1.82, 2.24) is 4.90 Å². The van der Waals surface area contributed by atoms with Crippen molar-refractivity contribution in [3.63, 3.8) is 0 Å². The average molecular weight is 251 g/mol. The van der Waals surface area contributed by atoms with E-state index in [0.717, 1.165) is 5.75 Å². The number of benzene rings is 1. The van der Waals surface area contributed by atoms with E-state index in [1.165, 1.54) is 0 Å². The topological polar surface area (TPSA) is 38.8 Å². The van der Waals surface area contributed by atoms with E-state index in [1.54, 1.807) is 17.0 Å². The summed E-state index contributed by atoms with van der Waals surface area (Å²) >= 11 is 0. The van der Waals surface area contributed by atoms with E-state index in [0.29, 0.717) is 25.4 Å². The van der Waals surface area contributed by atoms with E-state index >= 15 is 0 Å². The van der Waals surface area contributed by atoms with Gasteiger partial charge in [0.05, 0.1) is 6.61 Å². The van der Waals surface area contributed by atoms with Gasteiger partial charge < -0.3 is 14.4 Å². The second-order valence-corrected chi connectivity index (χ2v) is 3.76. The Morgan fingerprint density at radius 3 is 1.94 bits per heavy atom. The van der Waals surface area contributed by atoms with Gasteiger partial charge in [0.15, 0.2) is 6.61 Å². The molecule has 4 nitrogen and oxygen atoms in total. The zero-order valence-corrected chi connectivity index (χ0v) is 11.3. The fourth-order valence-electron chi connectivity index (χ4n) is 1.61. The summed E-state index contributed by atoms with van der Waals surface area (Å²) in [5.74, 6) is 1.49. The molecule has 0 unspecified atom stereocenters. The highest BCUT2D eigenvalue weighted by atomic mass is 16.5. The Morgan fingerprint density at radius 1 is 1.00 bits per heavy atom. The van der Waals surface area contributed by atoms with Crippen molar-refractivity contribution in [2.75, 3.05) is 26.3 Å². The summed E-state index contributed by atoms with van der Waals surface area (Å²) in [4.78, 5) is 13.5. The largest absolute Gasteiger partial charge is 0.494 e. The van der Waals surface area contributed by atoms with E-state index in [9.17, 15) is 4.79 Å². The molecule has 0 aliphatic carbocycles. The molecule has 1 amide bonds. The van der Waals surface area contributed by atoms with Gasteiger partial charge >= 0.3 is 0 Å². The van der Waals surface area contributed by atoms with Crippen molar-refractivity contribution >= 4 is 5.91 Å². The second kappa shape index (κ2) is 7.58. The van der Waals surface area contributed by atoms with Crippen molar-refractivity contribution in [3.8, 4) is 11.5 Å². The van der Waals surface area contributed by atoms with Crippen LogP contribution in [0.15, 0.2) is 24.3 Å². The van der Waals surface area contributed by atoms with Gasteiger partial charge in [-0.3, -0.25) is 4.79 Å². The zero-order valence-electron chi connectivity index (χ0n) is 11.3. The summed E-state index contributed by atoms with van der Waals surface area (Å²) in [7, 11) is 0. The average Bonchev–Trinajstić information content (AvgIpc) is 2.40. The summed E-state index contributed by atoms with van der Waals surface area (Å²) in [6, 6.07) is 7.28. The highest BCUT2D eigenvalue weighted by molar-refractivity contribution is 5.77. The number of nitrogens with zero attached hydrogens (tertiary/aromatic N) is 1. The summed E-state index contributed by atoms with van der Waals surface area (Å²) in [6.07, 6.45) is 0. The summed E-state index contributed by atoms with van der Waals surface area (Å²) in [6.45, 7) is 7.99. The number of rotatable bonds is 7. The molecule has 0 spiro atoms. The lowest BCUT2D eigenvalue weighted by Gasteiger charge is -2.18. The predicted octanol–water partition coefficient (Wildman–Crippen LogP) is 2.33. The van der Waals surface area contributed by atoms with Gasteiger partial charge in [-0.1, -0.05) is 0 Å². The van der Waals surface area contributed by atoms with Crippen LogP contribution < -0.4 is 9.47 Å². The van der Waals surface area contributed by atoms with Crippen LogP contribution in [0, 0.1) is 0 Å². The SMILES string of the molecule is CCOc1ccc(OCC(=O)N(CC)CC)cc1. The van der Waals surface area contributed by atoms with Crippen LogP contribution in [0.2, 0.25) is 0 Å². The van der Waals surface area contributed by atoms with Gasteiger partial charge in [0, 0.05) is 13.1 Å². The van der Waals surface area contributed by atoms with Crippen molar-refractivity contribution < 1.29 is 14.3 Å². The van der Waals surface area contributed by atoms with E-state index in [4.69, 9.17) is 9.47 Å². The molecule has 0 aliphatic heterocycles. The molecule has 0 saturated carbocycles. The number of carbonyl (C=O) groups excluding carboxylic acids is 1. The smallest absolute Gasteiger partial charge is 0.260 e. The number of hydrogen-bond donors (Lipinski definition) is 0. The van der Waals surface area contributed by atoms with Crippen LogP contribution in [0.1, 0.15) is 20.8 Å². The van der Waals surface area contributed by atoms with Crippen molar-refractivity contribution in [2.45, 2.75) is 20.8 Å². The van der Waals surface area contributed by atoms with Crippen LogP contribution >= 0.6 is 0 Å². The van der Waals surface area contributed by atoms with E-state index in [2.05, 4.69) is 0 Å². The summed E-state index contributed by atoms with van der Waals surface area (Å²) < 4.78 is 10.8. The predicted molar refractivity (Wildman–Crippen MR) is 71.0 cm³/mol. The van der Waals surface area contributed by atoms with Gasteiger partial charge in [-0.25, -0.2) is 0 Å². The van der Waals surface area contributed by atoms with Crippen LogP contribution in [-0.4, -0.2) is 37.1 Å². The van der Waals surface area contributed by atoms with Crippen LogP contribution in [0.3, 0.4) is 0 Å². The molecule has 1 aromatic carbocycles. The quantitative estimate of drug-likeness (QED) is 0.746. The van der Waals surface area contributed by atoms with Crippen molar-refractivity contribution in [1.29, 1.82) is 0 Å².